The number of benzene rings is 1. The maximum Gasteiger partial charge on any atom is 0.240 e. The first kappa shape index (κ1) is 18.0. The number of hydrogen-bond donors (Lipinski definition) is 2. The lowest BCUT2D eigenvalue weighted by molar-refractivity contribution is -0.134. The van der Waals surface area contributed by atoms with Crippen LogP contribution in [0.15, 0.2) is 12.1 Å². The number of amides is 2. The van der Waals surface area contributed by atoms with Crippen LogP contribution in [0.25, 0.3) is 0 Å². The Hall–Kier alpha value is -1.84. The maximum absolute atomic E-state index is 12.9. The van der Waals surface area contributed by atoms with Gasteiger partial charge in [-0.3, -0.25) is 9.59 Å². The van der Waals surface area contributed by atoms with E-state index in [0.717, 1.165) is 29.7 Å². The van der Waals surface area contributed by atoms with Gasteiger partial charge in [0.25, 0.3) is 0 Å². The average molecular weight is 342 g/mol. The summed E-state index contributed by atoms with van der Waals surface area (Å²) in [5.74, 6) is -0.215. The van der Waals surface area contributed by atoms with E-state index in [1.54, 1.807) is 0 Å². The van der Waals surface area contributed by atoms with Crippen molar-refractivity contribution in [1.82, 2.24) is 5.32 Å². The molecule has 3 rings (SSSR count). The smallest absolute Gasteiger partial charge is 0.240 e. The Bertz CT molecular complexity index is 645. The minimum absolute atomic E-state index is 0.0701. The summed E-state index contributed by atoms with van der Waals surface area (Å²) >= 11 is 0. The third-order valence-corrected chi connectivity index (χ3v) is 5.73. The standard InChI is InChI=1S/C21H30N2O2/c1-14-12-15(2)18(16(3)13-14)23-20(25)21(10-11-21)19(24)22-17-8-6-4-5-7-9-17/h12-13,17H,4-11H2,1-3H3,(H,22,24)(H,23,25). The van der Waals surface area contributed by atoms with Crippen LogP contribution in [0.5, 0.6) is 0 Å². The van der Waals surface area contributed by atoms with Crippen molar-refractivity contribution in [2.75, 3.05) is 5.32 Å². The van der Waals surface area contributed by atoms with Crippen molar-refractivity contribution in [3.63, 3.8) is 0 Å². The zero-order valence-electron chi connectivity index (χ0n) is 15.7. The highest BCUT2D eigenvalue weighted by Gasteiger charge is 2.56. The summed E-state index contributed by atoms with van der Waals surface area (Å²) in [6.07, 6.45) is 8.24. The first-order chi connectivity index (χ1) is 11.9. The number of carbonyl (C=O) groups is 2. The molecule has 4 heteroatoms. The van der Waals surface area contributed by atoms with Crippen LogP contribution in [-0.2, 0) is 9.59 Å². The van der Waals surface area contributed by atoms with Crippen LogP contribution in [0.3, 0.4) is 0 Å². The van der Waals surface area contributed by atoms with Crippen molar-refractivity contribution < 1.29 is 9.59 Å². The van der Waals surface area contributed by atoms with E-state index >= 15 is 0 Å². The molecule has 25 heavy (non-hydrogen) atoms. The summed E-state index contributed by atoms with van der Waals surface area (Å²) < 4.78 is 0. The number of rotatable bonds is 4. The Balaban J connectivity index is 1.68. The summed E-state index contributed by atoms with van der Waals surface area (Å²) in [7, 11) is 0. The van der Waals surface area contributed by atoms with E-state index in [-0.39, 0.29) is 17.9 Å². The predicted octanol–water partition coefficient (Wildman–Crippen LogP) is 4.17. The molecule has 2 saturated carbocycles. The van der Waals surface area contributed by atoms with Crippen molar-refractivity contribution in [2.24, 2.45) is 5.41 Å². The highest BCUT2D eigenvalue weighted by molar-refractivity contribution is 6.13. The predicted molar refractivity (Wildman–Crippen MR) is 101 cm³/mol. The lowest BCUT2D eigenvalue weighted by Crippen LogP contribution is -2.44. The van der Waals surface area contributed by atoms with Gasteiger partial charge >= 0.3 is 0 Å². The van der Waals surface area contributed by atoms with Gasteiger partial charge in [0.1, 0.15) is 5.41 Å². The normalized spacial score (nSPS) is 19.8. The Morgan fingerprint density at radius 3 is 2.00 bits per heavy atom. The van der Waals surface area contributed by atoms with Crippen molar-refractivity contribution in [2.45, 2.75) is 78.2 Å². The first-order valence-corrected chi connectivity index (χ1v) is 9.63. The first-order valence-electron chi connectivity index (χ1n) is 9.63. The van der Waals surface area contributed by atoms with Gasteiger partial charge < -0.3 is 10.6 Å². The molecule has 0 radical (unpaired) electrons. The fraction of sp³-hybridized carbons (Fsp3) is 0.619. The minimum atomic E-state index is -0.851. The molecule has 2 aliphatic rings. The Kier molecular flexibility index (Phi) is 5.16. The molecule has 2 fully saturated rings. The second-order valence-electron chi connectivity index (χ2n) is 7.97. The molecule has 0 spiro atoms. The number of carbonyl (C=O) groups excluding carboxylic acids is 2. The Morgan fingerprint density at radius 2 is 1.48 bits per heavy atom. The number of aryl methyl sites for hydroxylation is 3. The fourth-order valence-corrected chi connectivity index (χ4v) is 4.04. The molecule has 0 aliphatic heterocycles. The molecular formula is C21H30N2O2. The van der Waals surface area contributed by atoms with Gasteiger partial charge in [0.05, 0.1) is 0 Å². The van der Waals surface area contributed by atoms with Crippen molar-refractivity contribution in [1.29, 1.82) is 0 Å². The van der Waals surface area contributed by atoms with Gasteiger partial charge in [-0.1, -0.05) is 43.4 Å². The van der Waals surface area contributed by atoms with Crippen LogP contribution in [0, 0.1) is 26.2 Å². The molecule has 0 heterocycles. The van der Waals surface area contributed by atoms with Gasteiger partial charge in [0.2, 0.25) is 11.8 Å². The topological polar surface area (TPSA) is 58.2 Å². The van der Waals surface area contributed by atoms with Crippen LogP contribution in [-0.4, -0.2) is 17.9 Å². The Morgan fingerprint density at radius 1 is 0.920 bits per heavy atom. The van der Waals surface area contributed by atoms with E-state index in [1.165, 1.54) is 31.2 Å². The van der Waals surface area contributed by atoms with E-state index < -0.39 is 5.41 Å². The number of nitrogens with one attached hydrogen (secondary N) is 2. The molecular weight excluding hydrogens is 312 g/mol. The van der Waals surface area contributed by atoms with E-state index in [4.69, 9.17) is 0 Å². The van der Waals surface area contributed by atoms with Crippen LogP contribution in [0.4, 0.5) is 5.69 Å². The number of hydrogen-bond acceptors (Lipinski definition) is 2. The SMILES string of the molecule is Cc1cc(C)c(NC(=O)C2(C(=O)NC3CCCCCC3)CC2)c(C)c1. The quantitative estimate of drug-likeness (QED) is 0.637. The van der Waals surface area contributed by atoms with E-state index in [0.29, 0.717) is 12.8 Å². The van der Waals surface area contributed by atoms with Gasteiger partial charge in [0, 0.05) is 11.7 Å². The second-order valence-corrected chi connectivity index (χ2v) is 7.97. The van der Waals surface area contributed by atoms with E-state index in [2.05, 4.69) is 22.8 Å². The molecule has 2 N–H and O–H groups in total. The molecule has 4 nitrogen and oxygen atoms in total. The summed E-state index contributed by atoms with van der Waals surface area (Å²) in [4.78, 5) is 25.7. The highest BCUT2D eigenvalue weighted by Crippen LogP contribution is 2.47. The molecule has 0 unspecified atom stereocenters. The van der Waals surface area contributed by atoms with Crippen LogP contribution in [0.1, 0.15) is 68.1 Å². The lowest BCUT2D eigenvalue weighted by atomic mass is 10.0. The van der Waals surface area contributed by atoms with E-state index in [9.17, 15) is 9.59 Å². The van der Waals surface area contributed by atoms with Crippen molar-refractivity contribution in [3.05, 3.63) is 28.8 Å². The Labute approximate surface area is 150 Å². The highest BCUT2D eigenvalue weighted by atomic mass is 16.2. The van der Waals surface area contributed by atoms with Crippen LogP contribution >= 0.6 is 0 Å². The zero-order chi connectivity index (χ0) is 18.0. The molecule has 2 aliphatic carbocycles. The van der Waals surface area contributed by atoms with Gasteiger partial charge in [-0.25, -0.2) is 0 Å². The molecule has 0 bridgehead atoms. The monoisotopic (exact) mass is 342 g/mol. The summed E-state index contributed by atoms with van der Waals surface area (Å²) in [5, 5.41) is 6.21. The largest absolute Gasteiger partial charge is 0.352 e. The molecule has 136 valence electrons. The molecule has 1 aromatic carbocycles. The van der Waals surface area contributed by atoms with Crippen molar-refractivity contribution >= 4 is 17.5 Å². The average Bonchev–Trinajstić information content (AvgIpc) is 3.36. The second kappa shape index (κ2) is 7.19. The minimum Gasteiger partial charge on any atom is -0.352 e. The fourth-order valence-electron chi connectivity index (χ4n) is 4.04. The lowest BCUT2D eigenvalue weighted by Gasteiger charge is -2.22. The molecule has 2 amide bonds. The van der Waals surface area contributed by atoms with Crippen LogP contribution in [0.2, 0.25) is 0 Å². The van der Waals surface area contributed by atoms with Crippen molar-refractivity contribution in [3.8, 4) is 0 Å². The molecule has 0 saturated heterocycles. The van der Waals surface area contributed by atoms with Gasteiger partial charge in [0.15, 0.2) is 0 Å². The van der Waals surface area contributed by atoms with Crippen LogP contribution < -0.4 is 10.6 Å². The number of anilines is 1. The molecule has 0 atom stereocenters. The summed E-state index contributed by atoms with van der Waals surface area (Å²) in [6.45, 7) is 6.05. The maximum atomic E-state index is 12.9. The molecule has 0 aromatic heterocycles. The van der Waals surface area contributed by atoms with E-state index in [1.807, 2.05) is 20.8 Å². The third-order valence-electron chi connectivity index (χ3n) is 5.73. The summed E-state index contributed by atoms with van der Waals surface area (Å²) in [5.41, 5.74) is 3.27. The van der Waals surface area contributed by atoms with Gasteiger partial charge in [-0.15, -0.1) is 0 Å². The van der Waals surface area contributed by atoms with Gasteiger partial charge in [-0.05, 0) is 57.6 Å². The summed E-state index contributed by atoms with van der Waals surface area (Å²) in [6, 6.07) is 4.37. The molecule has 1 aromatic rings. The third kappa shape index (κ3) is 3.88. The van der Waals surface area contributed by atoms with Gasteiger partial charge in [-0.2, -0.15) is 0 Å². The zero-order valence-corrected chi connectivity index (χ0v) is 15.7.